The summed E-state index contributed by atoms with van der Waals surface area (Å²) in [5.74, 6) is 0. The van der Waals surface area contributed by atoms with Gasteiger partial charge in [-0.1, -0.05) is 91.0 Å². The molecule has 0 aliphatic carbocycles. The molecule has 4 heterocycles. The van der Waals surface area contributed by atoms with E-state index in [-0.39, 0.29) is 0 Å². The summed E-state index contributed by atoms with van der Waals surface area (Å²) >= 11 is 0. The average Bonchev–Trinajstić information content (AvgIpc) is 3.94. The van der Waals surface area contributed by atoms with Crippen molar-refractivity contribution < 1.29 is 8.83 Å². The lowest BCUT2D eigenvalue weighted by Gasteiger charge is -2.10. The highest BCUT2D eigenvalue weighted by Gasteiger charge is 2.20. The molecule has 12 aromatic rings. The molecule has 0 fully saturated rings. The molecule has 4 nitrogen and oxygen atoms in total. The summed E-state index contributed by atoms with van der Waals surface area (Å²) in [6.45, 7) is 0. The zero-order chi connectivity index (χ0) is 33.9. The van der Waals surface area contributed by atoms with Crippen LogP contribution in [0.15, 0.2) is 179 Å². The van der Waals surface area contributed by atoms with Crippen molar-refractivity contribution in [2.75, 3.05) is 0 Å². The molecule has 52 heavy (non-hydrogen) atoms. The topological polar surface area (TPSA) is 36.1 Å². The summed E-state index contributed by atoms with van der Waals surface area (Å²) in [5, 5.41) is 9.32. The second-order valence-corrected chi connectivity index (χ2v) is 13.7. The smallest absolute Gasteiger partial charge is 0.137 e. The number of nitrogens with zero attached hydrogens (tertiary/aromatic N) is 2. The molecule has 12 rings (SSSR count). The Morgan fingerprint density at radius 1 is 0.308 bits per heavy atom. The lowest BCUT2D eigenvalue weighted by atomic mass is 10.00. The van der Waals surface area contributed by atoms with Gasteiger partial charge in [-0.15, -0.1) is 0 Å². The molecule has 0 aliphatic heterocycles. The van der Waals surface area contributed by atoms with E-state index >= 15 is 0 Å². The predicted molar refractivity (Wildman–Crippen MR) is 215 cm³/mol. The van der Waals surface area contributed by atoms with Gasteiger partial charge in [-0.2, -0.15) is 0 Å². The second-order valence-electron chi connectivity index (χ2n) is 13.7. The first-order valence-corrected chi connectivity index (χ1v) is 17.7. The molecule has 0 unspecified atom stereocenters. The number of para-hydroxylation sites is 4. The SMILES string of the molecule is c1ccc(-n2c3ccccc3c3cc(-c4ccc5oc6cccc(-n7c8ccccc8c8cc9c(cc87)oc7ccccc79)c6c5c4)ccc32)cc1. The maximum absolute atomic E-state index is 6.56. The van der Waals surface area contributed by atoms with Crippen LogP contribution < -0.4 is 0 Å². The van der Waals surface area contributed by atoms with E-state index in [0.29, 0.717) is 0 Å². The van der Waals surface area contributed by atoms with Crippen molar-refractivity contribution in [2.45, 2.75) is 0 Å². The lowest BCUT2D eigenvalue weighted by Crippen LogP contribution is -1.94. The molecule has 0 aliphatic rings. The Morgan fingerprint density at radius 2 is 0.904 bits per heavy atom. The van der Waals surface area contributed by atoms with Gasteiger partial charge in [-0.05, 0) is 83.9 Å². The fourth-order valence-corrected chi connectivity index (χ4v) is 8.63. The van der Waals surface area contributed by atoms with E-state index in [1.54, 1.807) is 0 Å². The van der Waals surface area contributed by atoms with E-state index in [9.17, 15) is 0 Å². The van der Waals surface area contributed by atoms with Gasteiger partial charge in [-0.25, -0.2) is 0 Å². The molecule has 0 bridgehead atoms. The molecule has 0 atom stereocenters. The maximum Gasteiger partial charge on any atom is 0.137 e. The lowest BCUT2D eigenvalue weighted by molar-refractivity contribution is 0.669. The number of aromatic nitrogens is 2. The van der Waals surface area contributed by atoms with Crippen LogP contribution in [0.3, 0.4) is 0 Å². The number of rotatable bonds is 3. The quantitative estimate of drug-likeness (QED) is 0.188. The number of hydrogen-bond donors (Lipinski definition) is 0. The van der Waals surface area contributed by atoms with Crippen LogP contribution in [0, 0.1) is 0 Å². The molecule has 0 amide bonds. The van der Waals surface area contributed by atoms with E-state index in [4.69, 9.17) is 8.83 Å². The van der Waals surface area contributed by atoms with Crippen molar-refractivity contribution in [3.63, 3.8) is 0 Å². The summed E-state index contributed by atoms with van der Waals surface area (Å²) in [7, 11) is 0. The Bertz CT molecular complexity index is 3410. The highest BCUT2D eigenvalue weighted by molar-refractivity contribution is 6.19. The van der Waals surface area contributed by atoms with Crippen molar-refractivity contribution in [3.8, 4) is 22.5 Å². The minimum atomic E-state index is 0.863. The largest absolute Gasteiger partial charge is 0.456 e. The Morgan fingerprint density at radius 3 is 1.73 bits per heavy atom. The second kappa shape index (κ2) is 10.3. The zero-order valence-electron chi connectivity index (χ0n) is 27.9. The Balaban J connectivity index is 1.10. The third-order valence-electron chi connectivity index (χ3n) is 10.9. The van der Waals surface area contributed by atoms with Gasteiger partial charge in [-0.3, -0.25) is 0 Å². The van der Waals surface area contributed by atoms with E-state index in [0.717, 1.165) is 71.8 Å². The summed E-state index contributed by atoms with van der Waals surface area (Å²) in [6.07, 6.45) is 0. The van der Waals surface area contributed by atoms with E-state index in [1.807, 2.05) is 12.1 Å². The van der Waals surface area contributed by atoms with Crippen molar-refractivity contribution >= 4 is 87.5 Å². The summed E-state index contributed by atoms with van der Waals surface area (Å²) in [6, 6.07) is 60.6. The van der Waals surface area contributed by atoms with Gasteiger partial charge in [0.1, 0.15) is 22.3 Å². The average molecular weight is 665 g/mol. The van der Waals surface area contributed by atoms with E-state index < -0.39 is 0 Å². The Labute approximate surface area is 296 Å². The van der Waals surface area contributed by atoms with Crippen LogP contribution in [0.2, 0.25) is 0 Å². The standard InChI is InChI=1S/C48H28N2O2/c1-2-11-31(12-3-1)49-39-16-7-4-13-32(39)35-25-29(21-23-41(35)49)30-22-24-45-38(26-30)48-42(18-10-20-46(48)51-45)50-40-17-8-5-14-33(40)36-27-37-34-15-6-9-19-44(34)52-47(37)28-43(36)50/h1-28H. The first kappa shape index (κ1) is 27.7. The van der Waals surface area contributed by atoms with Crippen LogP contribution in [0.1, 0.15) is 0 Å². The fraction of sp³-hybridized carbons (Fsp3) is 0. The minimum Gasteiger partial charge on any atom is -0.456 e. The molecular weight excluding hydrogens is 637 g/mol. The monoisotopic (exact) mass is 664 g/mol. The van der Waals surface area contributed by atoms with Crippen LogP contribution in [-0.4, -0.2) is 9.13 Å². The minimum absolute atomic E-state index is 0.863. The first-order valence-electron chi connectivity index (χ1n) is 17.7. The van der Waals surface area contributed by atoms with Gasteiger partial charge < -0.3 is 18.0 Å². The summed E-state index contributed by atoms with van der Waals surface area (Å²) in [5.41, 5.74) is 12.7. The summed E-state index contributed by atoms with van der Waals surface area (Å²) in [4.78, 5) is 0. The highest BCUT2D eigenvalue weighted by Crippen LogP contribution is 2.43. The molecule has 242 valence electrons. The number of hydrogen-bond acceptors (Lipinski definition) is 2. The molecule has 4 heteroatoms. The normalized spacial score (nSPS) is 12.2. The highest BCUT2D eigenvalue weighted by atomic mass is 16.3. The van der Waals surface area contributed by atoms with Crippen LogP contribution >= 0.6 is 0 Å². The molecule has 8 aromatic carbocycles. The van der Waals surface area contributed by atoms with Crippen molar-refractivity contribution in [1.29, 1.82) is 0 Å². The number of fused-ring (bicyclic) bond motifs is 12. The van der Waals surface area contributed by atoms with E-state index in [1.165, 1.54) is 38.1 Å². The summed E-state index contributed by atoms with van der Waals surface area (Å²) < 4.78 is 17.7. The number of furan rings is 2. The van der Waals surface area contributed by atoms with Gasteiger partial charge in [0.05, 0.1) is 33.1 Å². The third kappa shape index (κ3) is 3.75. The van der Waals surface area contributed by atoms with Gasteiger partial charge in [0.15, 0.2) is 0 Å². The van der Waals surface area contributed by atoms with E-state index in [2.05, 4.69) is 167 Å². The third-order valence-corrected chi connectivity index (χ3v) is 10.9. The molecular formula is C48H28N2O2. The molecule has 0 spiro atoms. The van der Waals surface area contributed by atoms with Gasteiger partial charge in [0.25, 0.3) is 0 Å². The van der Waals surface area contributed by atoms with Crippen LogP contribution in [-0.2, 0) is 0 Å². The van der Waals surface area contributed by atoms with Crippen LogP contribution in [0.5, 0.6) is 0 Å². The fourth-order valence-electron chi connectivity index (χ4n) is 8.63. The van der Waals surface area contributed by atoms with Crippen molar-refractivity contribution in [3.05, 3.63) is 170 Å². The van der Waals surface area contributed by atoms with Gasteiger partial charge in [0.2, 0.25) is 0 Å². The van der Waals surface area contributed by atoms with Crippen LogP contribution in [0.25, 0.3) is 110 Å². The molecule has 0 saturated carbocycles. The molecule has 4 aromatic heterocycles. The predicted octanol–water partition coefficient (Wildman–Crippen LogP) is 13.3. The van der Waals surface area contributed by atoms with Gasteiger partial charge >= 0.3 is 0 Å². The van der Waals surface area contributed by atoms with Crippen molar-refractivity contribution in [2.24, 2.45) is 0 Å². The molecule has 0 N–H and O–H groups in total. The van der Waals surface area contributed by atoms with Crippen LogP contribution in [0.4, 0.5) is 0 Å². The Hall–Kier alpha value is -7.04. The maximum atomic E-state index is 6.56. The zero-order valence-corrected chi connectivity index (χ0v) is 27.9. The first-order chi connectivity index (χ1) is 25.8. The van der Waals surface area contributed by atoms with Gasteiger partial charge in [0, 0.05) is 49.5 Å². The number of benzene rings is 8. The molecule has 0 radical (unpaired) electrons. The molecule has 0 saturated heterocycles. The van der Waals surface area contributed by atoms with Crippen molar-refractivity contribution in [1.82, 2.24) is 9.13 Å². The Kier molecular flexibility index (Phi) is 5.47.